The molecule has 0 aliphatic rings. The Morgan fingerprint density at radius 2 is 2.00 bits per heavy atom. The van der Waals surface area contributed by atoms with Crippen molar-refractivity contribution >= 4 is 27.8 Å². The van der Waals surface area contributed by atoms with Crippen molar-refractivity contribution in [1.82, 2.24) is 5.32 Å². The van der Waals surface area contributed by atoms with Gasteiger partial charge in [0.05, 0.1) is 19.1 Å². The zero-order valence-electron chi connectivity index (χ0n) is 11.1. The fourth-order valence-electron chi connectivity index (χ4n) is 1.67. The van der Waals surface area contributed by atoms with Gasteiger partial charge in [-0.25, -0.2) is 0 Å². The molecule has 1 atom stereocenters. The Morgan fingerprint density at radius 1 is 1.32 bits per heavy atom. The van der Waals surface area contributed by atoms with Gasteiger partial charge in [-0.05, 0) is 25.5 Å². The lowest BCUT2D eigenvalue weighted by Gasteiger charge is -2.15. The van der Waals surface area contributed by atoms with Crippen LogP contribution >= 0.6 is 15.9 Å². The first kappa shape index (κ1) is 15.7. The predicted molar refractivity (Wildman–Crippen MR) is 76.6 cm³/mol. The largest absolute Gasteiger partial charge is 0.466 e. The third-order valence-corrected chi connectivity index (χ3v) is 3.33. The summed E-state index contributed by atoms with van der Waals surface area (Å²) < 4.78 is 5.73. The van der Waals surface area contributed by atoms with Crippen LogP contribution < -0.4 is 5.32 Å². The molecule has 1 aromatic rings. The van der Waals surface area contributed by atoms with Crippen LogP contribution in [0.1, 0.15) is 38.3 Å². The van der Waals surface area contributed by atoms with E-state index < -0.39 is 0 Å². The maximum Gasteiger partial charge on any atom is 0.306 e. The number of rotatable bonds is 6. The highest BCUT2D eigenvalue weighted by Gasteiger charge is 2.13. The van der Waals surface area contributed by atoms with E-state index in [1.807, 2.05) is 31.2 Å². The maximum absolute atomic E-state index is 11.7. The van der Waals surface area contributed by atoms with E-state index in [1.165, 1.54) is 0 Å². The van der Waals surface area contributed by atoms with Gasteiger partial charge in [0.2, 0.25) is 5.91 Å². The van der Waals surface area contributed by atoms with Crippen LogP contribution in [-0.4, -0.2) is 18.5 Å². The highest BCUT2D eigenvalue weighted by molar-refractivity contribution is 9.10. The van der Waals surface area contributed by atoms with Crippen LogP contribution in [0.4, 0.5) is 0 Å². The van der Waals surface area contributed by atoms with E-state index in [0.717, 1.165) is 10.0 Å². The molecule has 0 bridgehead atoms. The fourth-order valence-corrected chi connectivity index (χ4v) is 2.29. The van der Waals surface area contributed by atoms with Crippen molar-refractivity contribution in [3.63, 3.8) is 0 Å². The molecule has 19 heavy (non-hydrogen) atoms. The van der Waals surface area contributed by atoms with Gasteiger partial charge in [0.1, 0.15) is 0 Å². The zero-order chi connectivity index (χ0) is 14.3. The zero-order valence-corrected chi connectivity index (χ0v) is 12.7. The molecule has 0 heterocycles. The second-order valence-electron chi connectivity index (χ2n) is 4.12. The second-order valence-corrected chi connectivity index (χ2v) is 4.97. The van der Waals surface area contributed by atoms with E-state index in [0.29, 0.717) is 6.61 Å². The molecule has 0 radical (unpaired) electrons. The van der Waals surface area contributed by atoms with Crippen molar-refractivity contribution in [2.45, 2.75) is 32.7 Å². The molecule has 4 nitrogen and oxygen atoms in total. The topological polar surface area (TPSA) is 55.4 Å². The first-order chi connectivity index (χ1) is 9.04. The predicted octanol–water partition coefficient (Wildman–Crippen LogP) is 2.97. The van der Waals surface area contributed by atoms with Crippen LogP contribution in [0.25, 0.3) is 0 Å². The molecule has 0 aromatic heterocycles. The fraction of sp³-hybridized carbons (Fsp3) is 0.429. The van der Waals surface area contributed by atoms with Crippen molar-refractivity contribution in [2.24, 2.45) is 0 Å². The van der Waals surface area contributed by atoms with Crippen molar-refractivity contribution < 1.29 is 14.3 Å². The van der Waals surface area contributed by atoms with Crippen molar-refractivity contribution in [2.75, 3.05) is 6.61 Å². The monoisotopic (exact) mass is 327 g/mol. The second kappa shape index (κ2) is 7.94. The first-order valence-corrected chi connectivity index (χ1v) is 7.03. The van der Waals surface area contributed by atoms with E-state index in [1.54, 1.807) is 6.92 Å². The number of hydrogen-bond acceptors (Lipinski definition) is 3. The average molecular weight is 328 g/mol. The molecule has 1 aromatic carbocycles. The summed E-state index contributed by atoms with van der Waals surface area (Å²) in [5.74, 6) is -0.498. The Hall–Kier alpha value is -1.36. The van der Waals surface area contributed by atoms with Gasteiger partial charge in [-0.15, -0.1) is 0 Å². The Bertz CT molecular complexity index is 448. The van der Waals surface area contributed by atoms with Crippen LogP contribution in [0.3, 0.4) is 0 Å². The van der Waals surface area contributed by atoms with E-state index in [4.69, 9.17) is 4.74 Å². The summed E-state index contributed by atoms with van der Waals surface area (Å²) in [7, 11) is 0. The van der Waals surface area contributed by atoms with Gasteiger partial charge in [-0.1, -0.05) is 34.1 Å². The minimum Gasteiger partial charge on any atom is -0.466 e. The number of halogens is 1. The maximum atomic E-state index is 11.7. The SMILES string of the molecule is CCOC(=O)CCC(=O)NC(C)c1ccccc1Br. The Morgan fingerprint density at radius 3 is 2.63 bits per heavy atom. The number of esters is 1. The van der Waals surface area contributed by atoms with E-state index in [2.05, 4.69) is 21.2 Å². The van der Waals surface area contributed by atoms with Gasteiger partial charge in [-0.3, -0.25) is 9.59 Å². The minimum atomic E-state index is -0.341. The number of nitrogens with one attached hydrogen (secondary N) is 1. The summed E-state index contributed by atoms with van der Waals surface area (Å²) in [6.45, 7) is 3.99. The molecule has 104 valence electrons. The lowest BCUT2D eigenvalue weighted by atomic mass is 10.1. The molecule has 0 saturated heterocycles. The van der Waals surface area contributed by atoms with Crippen LogP contribution in [-0.2, 0) is 14.3 Å². The summed E-state index contributed by atoms with van der Waals surface area (Å²) >= 11 is 3.44. The lowest BCUT2D eigenvalue weighted by Crippen LogP contribution is -2.27. The summed E-state index contributed by atoms with van der Waals surface area (Å²) in [4.78, 5) is 22.9. The minimum absolute atomic E-state index is 0.106. The molecule has 1 N–H and O–H groups in total. The third kappa shape index (κ3) is 5.42. The van der Waals surface area contributed by atoms with Crippen LogP contribution in [0, 0.1) is 0 Å². The van der Waals surface area contributed by atoms with Crippen LogP contribution in [0.5, 0.6) is 0 Å². The average Bonchev–Trinajstić information content (AvgIpc) is 2.37. The van der Waals surface area contributed by atoms with Gasteiger partial charge in [0.15, 0.2) is 0 Å². The Balaban J connectivity index is 2.44. The van der Waals surface area contributed by atoms with E-state index in [9.17, 15) is 9.59 Å². The van der Waals surface area contributed by atoms with Gasteiger partial charge < -0.3 is 10.1 Å². The summed E-state index contributed by atoms with van der Waals surface area (Å²) in [6, 6.07) is 7.60. The number of hydrogen-bond donors (Lipinski definition) is 1. The van der Waals surface area contributed by atoms with Gasteiger partial charge in [-0.2, -0.15) is 0 Å². The van der Waals surface area contributed by atoms with Gasteiger partial charge >= 0.3 is 5.97 Å². The molecular formula is C14H18BrNO3. The molecule has 5 heteroatoms. The molecule has 0 saturated carbocycles. The van der Waals surface area contributed by atoms with Gasteiger partial charge in [0.25, 0.3) is 0 Å². The molecule has 0 spiro atoms. The Labute approximate surface area is 121 Å². The van der Waals surface area contributed by atoms with E-state index >= 15 is 0 Å². The molecular weight excluding hydrogens is 310 g/mol. The highest BCUT2D eigenvalue weighted by Crippen LogP contribution is 2.22. The number of carbonyl (C=O) groups excluding carboxylic acids is 2. The quantitative estimate of drug-likeness (QED) is 0.817. The smallest absolute Gasteiger partial charge is 0.306 e. The van der Waals surface area contributed by atoms with E-state index in [-0.39, 0.29) is 30.8 Å². The number of amides is 1. The molecule has 0 aliphatic heterocycles. The standard InChI is InChI=1S/C14H18BrNO3/c1-3-19-14(18)9-8-13(17)16-10(2)11-6-4-5-7-12(11)15/h4-7,10H,3,8-9H2,1-2H3,(H,16,17). The normalized spacial score (nSPS) is 11.7. The number of ether oxygens (including phenoxy) is 1. The number of carbonyl (C=O) groups is 2. The first-order valence-electron chi connectivity index (χ1n) is 6.24. The molecule has 0 fully saturated rings. The van der Waals surface area contributed by atoms with Crippen LogP contribution in [0.2, 0.25) is 0 Å². The molecule has 1 unspecified atom stereocenters. The van der Waals surface area contributed by atoms with Crippen molar-refractivity contribution in [3.8, 4) is 0 Å². The summed E-state index contributed by atoms with van der Waals surface area (Å²) in [5.41, 5.74) is 1.01. The summed E-state index contributed by atoms with van der Waals surface area (Å²) in [5, 5.41) is 2.86. The lowest BCUT2D eigenvalue weighted by molar-refractivity contribution is -0.144. The highest BCUT2D eigenvalue weighted by atomic mass is 79.9. The van der Waals surface area contributed by atoms with Crippen molar-refractivity contribution in [3.05, 3.63) is 34.3 Å². The Kier molecular flexibility index (Phi) is 6.56. The molecule has 0 aliphatic carbocycles. The molecule has 1 amide bonds. The number of benzene rings is 1. The van der Waals surface area contributed by atoms with Gasteiger partial charge in [0, 0.05) is 10.9 Å². The molecule has 1 rings (SSSR count). The van der Waals surface area contributed by atoms with Crippen LogP contribution in [0.15, 0.2) is 28.7 Å². The summed E-state index contributed by atoms with van der Waals surface area (Å²) in [6.07, 6.45) is 0.260. The third-order valence-electron chi connectivity index (χ3n) is 2.61. The van der Waals surface area contributed by atoms with Crippen molar-refractivity contribution in [1.29, 1.82) is 0 Å².